The van der Waals surface area contributed by atoms with Gasteiger partial charge in [-0.25, -0.2) is 0 Å². The van der Waals surface area contributed by atoms with Crippen molar-refractivity contribution in [1.29, 1.82) is 0 Å². The summed E-state index contributed by atoms with van der Waals surface area (Å²) in [6.45, 7) is 0.617. The summed E-state index contributed by atoms with van der Waals surface area (Å²) >= 11 is 0. The van der Waals surface area contributed by atoms with Crippen LogP contribution in [0, 0.1) is 5.92 Å². The van der Waals surface area contributed by atoms with Gasteiger partial charge in [0.25, 0.3) is 0 Å². The van der Waals surface area contributed by atoms with Crippen LogP contribution in [0.3, 0.4) is 0 Å². The van der Waals surface area contributed by atoms with Crippen LogP contribution in [0.2, 0.25) is 0 Å². The zero-order valence-electron chi connectivity index (χ0n) is 12.9. The van der Waals surface area contributed by atoms with Gasteiger partial charge in [-0.05, 0) is 31.2 Å². The fourth-order valence-corrected chi connectivity index (χ4v) is 2.83. The van der Waals surface area contributed by atoms with E-state index in [1.165, 1.54) is 5.56 Å². The maximum atomic E-state index is 12.0. The fraction of sp³-hybridized carbons (Fsp3) is 0.529. The highest BCUT2D eigenvalue weighted by molar-refractivity contribution is 5.85. The molecule has 2 rings (SSSR count). The Bertz CT molecular complexity index is 490. The number of rotatable bonds is 6. The first-order valence-corrected chi connectivity index (χ1v) is 7.99. The van der Waals surface area contributed by atoms with Gasteiger partial charge in [-0.1, -0.05) is 36.8 Å². The van der Waals surface area contributed by atoms with Gasteiger partial charge in [-0.15, -0.1) is 0 Å². The quantitative estimate of drug-likeness (QED) is 0.732. The molecule has 2 amide bonds. The van der Waals surface area contributed by atoms with Crippen LogP contribution in [-0.2, 0) is 16.0 Å². The van der Waals surface area contributed by atoms with E-state index in [-0.39, 0.29) is 30.3 Å². The maximum Gasteiger partial charge on any atom is 0.239 e. The summed E-state index contributed by atoms with van der Waals surface area (Å²) in [5.74, 6) is -0.237. The molecule has 1 aromatic carbocycles. The third-order valence-corrected chi connectivity index (χ3v) is 4.09. The summed E-state index contributed by atoms with van der Waals surface area (Å²) in [6.07, 6.45) is 4.36. The number of nitrogens with one attached hydrogen (secondary N) is 2. The molecular formula is C17H25N3O2. The van der Waals surface area contributed by atoms with E-state index < -0.39 is 0 Å². The van der Waals surface area contributed by atoms with Crippen LogP contribution in [-0.4, -0.2) is 30.9 Å². The van der Waals surface area contributed by atoms with E-state index in [2.05, 4.69) is 10.6 Å². The molecule has 0 spiro atoms. The zero-order valence-corrected chi connectivity index (χ0v) is 12.9. The first kappa shape index (κ1) is 16.5. The molecule has 1 aromatic rings. The average molecular weight is 303 g/mol. The summed E-state index contributed by atoms with van der Waals surface area (Å²) in [5.41, 5.74) is 7.06. The van der Waals surface area contributed by atoms with Crippen molar-refractivity contribution in [3.05, 3.63) is 35.9 Å². The Morgan fingerprint density at radius 3 is 2.64 bits per heavy atom. The SMILES string of the molecule is NC1CCCC(C(=O)NCC(=O)NCCc2ccccc2)C1. The van der Waals surface area contributed by atoms with Crippen LogP contribution in [0.5, 0.6) is 0 Å². The van der Waals surface area contributed by atoms with Crippen molar-refractivity contribution in [2.75, 3.05) is 13.1 Å². The van der Waals surface area contributed by atoms with Crippen LogP contribution < -0.4 is 16.4 Å². The van der Waals surface area contributed by atoms with E-state index in [1.54, 1.807) is 0 Å². The Morgan fingerprint density at radius 1 is 1.14 bits per heavy atom. The Hall–Kier alpha value is -1.88. The number of hydrogen-bond donors (Lipinski definition) is 3. The number of benzene rings is 1. The Balaban J connectivity index is 1.62. The van der Waals surface area contributed by atoms with E-state index in [1.807, 2.05) is 30.3 Å². The Kier molecular flexibility index (Phi) is 6.40. The van der Waals surface area contributed by atoms with Crippen LogP contribution in [0.4, 0.5) is 0 Å². The second kappa shape index (κ2) is 8.54. The lowest BCUT2D eigenvalue weighted by Gasteiger charge is -2.25. The van der Waals surface area contributed by atoms with Gasteiger partial charge in [0, 0.05) is 18.5 Å². The zero-order chi connectivity index (χ0) is 15.8. The molecule has 22 heavy (non-hydrogen) atoms. The molecule has 1 fully saturated rings. The minimum Gasteiger partial charge on any atom is -0.354 e. The predicted octanol–water partition coefficient (Wildman–Crippen LogP) is 0.979. The highest BCUT2D eigenvalue weighted by Gasteiger charge is 2.25. The highest BCUT2D eigenvalue weighted by Crippen LogP contribution is 2.22. The topological polar surface area (TPSA) is 84.2 Å². The average Bonchev–Trinajstić information content (AvgIpc) is 2.53. The molecule has 0 aromatic heterocycles. The third-order valence-electron chi connectivity index (χ3n) is 4.09. The monoisotopic (exact) mass is 303 g/mol. The van der Waals surface area contributed by atoms with Crippen molar-refractivity contribution in [2.45, 2.75) is 38.1 Å². The van der Waals surface area contributed by atoms with Gasteiger partial charge in [0.1, 0.15) is 0 Å². The number of amides is 2. The van der Waals surface area contributed by atoms with Crippen molar-refractivity contribution in [3.8, 4) is 0 Å². The molecule has 0 radical (unpaired) electrons. The lowest BCUT2D eigenvalue weighted by Crippen LogP contribution is -2.42. The summed E-state index contributed by atoms with van der Waals surface area (Å²) in [5, 5.41) is 5.53. The van der Waals surface area contributed by atoms with Crippen LogP contribution in [0.15, 0.2) is 30.3 Å². The van der Waals surface area contributed by atoms with Crippen LogP contribution in [0.1, 0.15) is 31.2 Å². The molecule has 5 heteroatoms. The first-order chi connectivity index (χ1) is 10.6. The smallest absolute Gasteiger partial charge is 0.239 e. The molecule has 1 saturated carbocycles. The molecule has 2 atom stereocenters. The van der Waals surface area contributed by atoms with Crippen LogP contribution >= 0.6 is 0 Å². The van der Waals surface area contributed by atoms with E-state index in [9.17, 15) is 9.59 Å². The number of hydrogen-bond acceptors (Lipinski definition) is 3. The molecule has 0 saturated heterocycles. The van der Waals surface area contributed by atoms with Gasteiger partial charge in [-0.2, -0.15) is 0 Å². The van der Waals surface area contributed by atoms with E-state index in [0.717, 1.165) is 32.1 Å². The molecule has 1 aliphatic carbocycles. The summed E-state index contributed by atoms with van der Waals surface area (Å²) in [4.78, 5) is 23.7. The number of nitrogens with two attached hydrogens (primary N) is 1. The van der Waals surface area contributed by atoms with E-state index in [0.29, 0.717) is 6.54 Å². The molecule has 0 aliphatic heterocycles. The summed E-state index contributed by atoms with van der Waals surface area (Å²) < 4.78 is 0. The van der Waals surface area contributed by atoms with E-state index in [4.69, 9.17) is 5.73 Å². The summed E-state index contributed by atoms with van der Waals surface area (Å²) in [6, 6.07) is 10.1. The van der Waals surface area contributed by atoms with Gasteiger partial charge >= 0.3 is 0 Å². The van der Waals surface area contributed by atoms with Gasteiger partial charge in [0.2, 0.25) is 11.8 Å². The van der Waals surface area contributed by atoms with Crippen molar-refractivity contribution in [1.82, 2.24) is 10.6 Å². The fourth-order valence-electron chi connectivity index (χ4n) is 2.83. The molecule has 5 nitrogen and oxygen atoms in total. The largest absolute Gasteiger partial charge is 0.354 e. The lowest BCUT2D eigenvalue weighted by atomic mass is 9.85. The molecule has 120 valence electrons. The molecule has 0 bridgehead atoms. The van der Waals surface area contributed by atoms with Crippen molar-refractivity contribution < 1.29 is 9.59 Å². The van der Waals surface area contributed by atoms with Gasteiger partial charge in [-0.3, -0.25) is 9.59 Å². The lowest BCUT2D eigenvalue weighted by molar-refractivity contribution is -0.129. The van der Waals surface area contributed by atoms with Gasteiger partial charge in [0.15, 0.2) is 0 Å². The molecule has 2 unspecified atom stereocenters. The number of carbonyl (C=O) groups is 2. The highest BCUT2D eigenvalue weighted by atomic mass is 16.2. The van der Waals surface area contributed by atoms with Crippen molar-refractivity contribution in [2.24, 2.45) is 11.7 Å². The second-order valence-electron chi connectivity index (χ2n) is 5.93. The third kappa shape index (κ3) is 5.48. The molecular weight excluding hydrogens is 278 g/mol. The van der Waals surface area contributed by atoms with Gasteiger partial charge < -0.3 is 16.4 Å². The Labute approximate surface area is 131 Å². The second-order valence-corrected chi connectivity index (χ2v) is 5.93. The normalized spacial score (nSPS) is 21.1. The minimum absolute atomic E-state index is 0.0409. The predicted molar refractivity (Wildman–Crippen MR) is 86.1 cm³/mol. The van der Waals surface area contributed by atoms with Crippen molar-refractivity contribution >= 4 is 11.8 Å². The minimum atomic E-state index is -0.149. The standard InChI is InChI=1S/C17H25N3O2/c18-15-8-4-7-14(11-15)17(22)20-12-16(21)19-10-9-13-5-2-1-3-6-13/h1-3,5-6,14-15H,4,7-12,18H2,(H,19,21)(H,20,22). The van der Waals surface area contributed by atoms with E-state index >= 15 is 0 Å². The molecule has 4 N–H and O–H groups in total. The van der Waals surface area contributed by atoms with Crippen LogP contribution in [0.25, 0.3) is 0 Å². The number of carbonyl (C=O) groups excluding carboxylic acids is 2. The van der Waals surface area contributed by atoms with Gasteiger partial charge in [0.05, 0.1) is 6.54 Å². The summed E-state index contributed by atoms with van der Waals surface area (Å²) in [7, 11) is 0. The maximum absolute atomic E-state index is 12.0. The molecule has 1 aliphatic rings. The van der Waals surface area contributed by atoms with Crippen molar-refractivity contribution in [3.63, 3.8) is 0 Å². The first-order valence-electron chi connectivity index (χ1n) is 7.99. The molecule has 0 heterocycles. The Morgan fingerprint density at radius 2 is 1.91 bits per heavy atom.